The number of hydrogen-bond donors (Lipinski definition) is 1. The Morgan fingerprint density at radius 1 is 1.25 bits per heavy atom. The molecule has 1 unspecified atom stereocenters. The van der Waals surface area contributed by atoms with Crippen molar-refractivity contribution in [2.24, 2.45) is 0 Å². The number of aliphatic hydroxyl groups excluding tert-OH is 1. The Hall–Kier alpha value is -2.40. The minimum Gasteiger partial charge on any atom is -0.489 e. The number of nitro groups is 1. The maximum absolute atomic E-state index is 10.9. The van der Waals surface area contributed by atoms with Gasteiger partial charge >= 0.3 is 0 Å². The molecule has 1 N–H and O–H groups in total. The summed E-state index contributed by atoms with van der Waals surface area (Å²) in [6.45, 7) is 1.88. The summed E-state index contributed by atoms with van der Waals surface area (Å²) in [5.74, 6) is 0.374. The normalized spacial score (nSPS) is 11.9. The van der Waals surface area contributed by atoms with Gasteiger partial charge in [0.05, 0.1) is 17.1 Å². The molecule has 5 heteroatoms. The van der Waals surface area contributed by atoms with E-state index in [2.05, 4.69) is 0 Å². The first-order chi connectivity index (χ1) is 9.56. The van der Waals surface area contributed by atoms with Crippen LogP contribution in [0.1, 0.15) is 24.2 Å². The van der Waals surface area contributed by atoms with E-state index in [0.717, 1.165) is 5.56 Å². The molecule has 104 valence electrons. The lowest BCUT2D eigenvalue weighted by atomic mass is 10.1. The zero-order valence-electron chi connectivity index (χ0n) is 11.0. The third kappa shape index (κ3) is 3.55. The van der Waals surface area contributed by atoms with E-state index in [1.165, 1.54) is 12.1 Å². The van der Waals surface area contributed by atoms with Gasteiger partial charge in [0.1, 0.15) is 12.4 Å². The van der Waals surface area contributed by atoms with Crippen LogP contribution < -0.4 is 4.74 Å². The van der Waals surface area contributed by atoms with Crippen molar-refractivity contribution in [2.75, 3.05) is 0 Å². The van der Waals surface area contributed by atoms with Gasteiger partial charge in [0.25, 0.3) is 5.69 Å². The first-order valence-electron chi connectivity index (χ1n) is 6.20. The van der Waals surface area contributed by atoms with Crippen molar-refractivity contribution in [3.8, 4) is 5.75 Å². The largest absolute Gasteiger partial charge is 0.489 e. The molecular formula is C15H15NO4. The van der Waals surface area contributed by atoms with Crippen LogP contribution in [-0.4, -0.2) is 10.0 Å². The van der Waals surface area contributed by atoms with E-state index in [4.69, 9.17) is 4.74 Å². The molecular weight excluding hydrogens is 258 g/mol. The van der Waals surface area contributed by atoms with Crippen LogP contribution in [0.25, 0.3) is 0 Å². The van der Waals surface area contributed by atoms with Crippen molar-refractivity contribution in [1.82, 2.24) is 0 Å². The molecule has 0 aromatic heterocycles. The van der Waals surface area contributed by atoms with E-state index in [-0.39, 0.29) is 5.69 Å². The number of benzene rings is 2. The summed E-state index contributed by atoms with van der Waals surface area (Å²) in [4.78, 5) is 10.4. The highest BCUT2D eigenvalue weighted by molar-refractivity contribution is 5.43. The molecule has 0 bridgehead atoms. The van der Waals surface area contributed by atoms with E-state index in [9.17, 15) is 15.2 Å². The van der Waals surface area contributed by atoms with Crippen LogP contribution in [-0.2, 0) is 6.61 Å². The van der Waals surface area contributed by atoms with Gasteiger partial charge in [-0.3, -0.25) is 10.1 Å². The van der Waals surface area contributed by atoms with Gasteiger partial charge in [0.2, 0.25) is 0 Å². The van der Waals surface area contributed by atoms with Gasteiger partial charge in [-0.05, 0) is 24.1 Å². The van der Waals surface area contributed by atoms with Gasteiger partial charge in [-0.1, -0.05) is 30.3 Å². The second-order valence-electron chi connectivity index (χ2n) is 4.47. The molecule has 0 aliphatic heterocycles. The van der Waals surface area contributed by atoms with Gasteiger partial charge < -0.3 is 9.84 Å². The van der Waals surface area contributed by atoms with Crippen LogP contribution in [0.4, 0.5) is 5.69 Å². The summed E-state index contributed by atoms with van der Waals surface area (Å²) in [6, 6.07) is 13.8. The zero-order valence-corrected chi connectivity index (χ0v) is 11.0. The van der Waals surface area contributed by atoms with Gasteiger partial charge in [0.15, 0.2) is 0 Å². The lowest BCUT2D eigenvalue weighted by molar-refractivity contribution is -0.385. The maximum Gasteiger partial charge on any atom is 0.273 e. The van der Waals surface area contributed by atoms with Crippen LogP contribution in [0.3, 0.4) is 0 Å². The number of hydrogen-bond acceptors (Lipinski definition) is 4. The molecule has 0 heterocycles. The Labute approximate surface area is 116 Å². The topological polar surface area (TPSA) is 72.6 Å². The minimum atomic E-state index is -0.783. The second-order valence-corrected chi connectivity index (χ2v) is 4.47. The fourth-order valence-electron chi connectivity index (χ4n) is 1.78. The molecule has 0 saturated heterocycles. The monoisotopic (exact) mass is 273 g/mol. The molecule has 0 aliphatic carbocycles. The molecule has 0 radical (unpaired) electrons. The fourth-order valence-corrected chi connectivity index (χ4v) is 1.78. The van der Waals surface area contributed by atoms with E-state index in [1.54, 1.807) is 13.0 Å². The number of ether oxygens (including phenoxy) is 1. The summed E-state index contributed by atoms with van der Waals surface area (Å²) < 4.78 is 5.56. The summed E-state index contributed by atoms with van der Waals surface area (Å²) >= 11 is 0. The Morgan fingerprint density at radius 2 is 1.95 bits per heavy atom. The van der Waals surface area contributed by atoms with Gasteiger partial charge in [0, 0.05) is 6.07 Å². The lowest BCUT2D eigenvalue weighted by Crippen LogP contribution is -1.99. The fraction of sp³-hybridized carbons (Fsp3) is 0.200. The van der Waals surface area contributed by atoms with Crippen molar-refractivity contribution in [3.05, 3.63) is 69.8 Å². The zero-order chi connectivity index (χ0) is 14.5. The molecule has 0 spiro atoms. The predicted molar refractivity (Wildman–Crippen MR) is 74.5 cm³/mol. The van der Waals surface area contributed by atoms with E-state index in [0.29, 0.717) is 17.9 Å². The molecule has 2 rings (SSSR count). The Balaban J connectivity index is 2.20. The van der Waals surface area contributed by atoms with Gasteiger partial charge in [-0.2, -0.15) is 0 Å². The number of non-ortho nitro benzene ring substituents is 1. The van der Waals surface area contributed by atoms with E-state index < -0.39 is 11.0 Å². The van der Waals surface area contributed by atoms with Gasteiger partial charge in [-0.15, -0.1) is 0 Å². The quantitative estimate of drug-likeness (QED) is 0.670. The first-order valence-corrected chi connectivity index (χ1v) is 6.20. The Morgan fingerprint density at radius 3 is 2.55 bits per heavy atom. The number of aliphatic hydroxyl groups is 1. The molecule has 20 heavy (non-hydrogen) atoms. The maximum atomic E-state index is 10.9. The Bertz CT molecular complexity index is 596. The average molecular weight is 273 g/mol. The molecule has 5 nitrogen and oxygen atoms in total. The minimum absolute atomic E-state index is 0.0912. The van der Waals surface area contributed by atoms with Crippen molar-refractivity contribution in [2.45, 2.75) is 19.6 Å². The van der Waals surface area contributed by atoms with Crippen LogP contribution in [0.15, 0.2) is 48.5 Å². The third-order valence-electron chi connectivity index (χ3n) is 2.86. The molecule has 2 aromatic rings. The lowest BCUT2D eigenvalue weighted by Gasteiger charge is -2.10. The van der Waals surface area contributed by atoms with Crippen molar-refractivity contribution in [1.29, 1.82) is 0 Å². The highest BCUT2D eigenvalue weighted by Gasteiger charge is 2.13. The number of nitrogens with zero attached hydrogens (tertiary/aromatic N) is 1. The first kappa shape index (κ1) is 14.0. The molecule has 0 fully saturated rings. The van der Waals surface area contributed by atoms with Crippen LogP contribution in [0.5, 0.6) is 5.75 Å². The molecule has 0 saturated carbocycles. The number of rotatable bonds is 5. The Kier molecular flexibility index (Phi) is 4.32. The summed E-state index contributed by atoms with van der Waals surface area (Å²) in [5.41, 5.74) is 1.34. The van der Waals surface area contributed by atoms with Crippen LogP contribution >= 0.6 is 0 Å². The number of nitro benzene ring substituents is 1. The average Bonchev–Trinajstić information content (AvgIpc) is 2.45. The molecule has 0 amide bonds. The van der Waals surface area contributed by atoms with Crippen molar-refractivity contribution >= 4 is 5.69 Å². The van der Waals surface area contributed by atoms with Crippen LogP contribution in [0.2, 0.25) is 0 Å². The summed E-state index contributed by atoms with van der Waals surface area (Å²) in [5, 5.41) is 20.4. The predicted octanol–water partition coefficient (Wildman–Crippen LogP) is 3.23. The van der Waals surface area contributed by atoms with Crippen molar-refractivity contribution < 1.29 is 14.8 Å². The summed E-state index contributed by atoms with van der Waals surface area (Å²) in [7, 11) is 0. The van der Waals surface area contributed by atoms with Crippen molar-refractivity contribution in [3.63, 3.8) is 0 Å². The van der Waals surface area contributed by atoms with E-state index >= 15 is 0 Å². The van der Waals surface area contributed by atoms with Gasteiger partial charge in [-0.25, -0.2) is 0 Å². The molecule has 1 atom stereocenters. The summed E-state index contributed by atoms with van der Waals surface area (Å²) in [6.07, 6.45) is -0.783. The smallest absolute Gasteiger partial charge is 0.273 e. The standard InChI is InChI=1S/C15H15NO4/c1-11(17)13-7-14(16(18)19)9-15(8-13)20-10-12-5-3-2-4-6-12/h2-9,11,17H,10H2,1H3. The highest BCUT2D eigenvalue weighted by atomic mass is 16.6. The third-order valence-corrected chi connectivity index (χ3v) is 2.86. The van der Waals surface area contributed by atoms with E-state index in [1.807, 2.05) is 30.3 Å². The SMILES string of the molecule is CC(O)c1cc(OCc2ccccc2)cc([N+](=O)[O-])c1. The highest BCUT2D eigenvalue weighted by Crippen LogP contribution is 2.27. The molecule has 0 aliphatic rings. The second kappa shape index (κ2) is 6.16. The molecule has 2 aromatic carbocycles. The van der Waals surface area contributed by atoms with Crippen LogP contribution in [0, 0.1) is 10.1 Å².